The summed E-state index contributed by atoms with van der Waals surface area (Å²) in [6.45, 7) is 4.35. The monoisotopic (exact) mass is 310 g/mol. The van der Waals surface area contributed by atoms with Gasteiger partial charge in [-0.2, -0.15) is 0 Å². The molecule has 1 unspecified atom stereocenters. The highest BCUT2D eigenvalue weighted by Gasteiger charge is 2.30. The largest absolute Gasteiger partial charge is 0.316 e. The zero-order valence-electron chi connectivity index (χ0n) is 13.0. The number of hydrogen-bond acceptors (Lipinski definition) is 3. The lowest BCUT2D eigenvalue weighted by Crippen LogP contribution is -2.30. The van der Waals surface area contributed by atoms with Gasteiger partial charge in [-0.3, -0.25) is 0 Å². The highest BCUT2D eigenvalue weighted by atomic mass is 32.2. The molecule has 0 amide bonds. The number of sulfonamides is 1. The quantitative estimate of drug-likeness (QED) is 0.841. The number of nitrogens with one attached hydrogen (secondary N) is 1. The molecule has 1 aromatic rings. The molecule has 2 rings (SSSR count). The lowest BCUT2D eigenvalue weighted by Gasteiger charge is -2.16. The van der Waals surface area contributed by atoms with Crippen molar-refractivity contribution in [2.75, 3.05) is 20.1 Å². The lowest BCUT2D eigenvalue weighted by molar-refractivity contribution is 0.444. The third-order valence-electron chi connectivity index (χ3n) is 4.09. The Hall–Kier alpha value is -0.910. The second-order valence-corrected chi connectivity index (χ2v) is 7.87. The van der Waals surface area contributed by atoms with Gasteiger partial charge in [-0.15, -0.1) is 0 Å². The highest BCUT2D eigenvalue weighted by Crippen LogP contribution is 2.25. The molecule has 118 valence electrons. The van der Waals surface area contributed by atoms with Crippen LogP contribution in [0.15, 0.2) is 24.3 Å². The average molecular weight is 310 g/mol. The van der Waals surface area contributed by atoms with Crippen LogP contribution in [-0.4, -0.2) is 32.9 Å². The summed E-state index contributed by atoms with van der Waals surface area (Å²) in [6.07, 6.45) is 3.27. The van der Waals surface area contributed by atoms with Crippen LogP contribution in [0.3, 0.4) is 0 Å². The van der Waals surface area contributed by atoms with E-state index in [-0.39, 0.29) is 5.75 Å². The van der Waals surface area contributed by atoms with Crippen LogP contribution in [0.1, 0.15) is 37.3 Å². The molecule has 0 radical (unpaired) electrons. The van der Waals surface area contributed by atoms with Crippen molar-refractivity contribution in [1.29, 1.82) is 0 Å². The van der Waals surface area contributed by atoms with Gasteiger partial charge in [0.25, 0.3) is 0 Å². The van der Waals surface area contributed by atoms with Crippen molar-refractivity contribution >= 4 is 10.0 Å². The molecule has 1 heterocycles. The first-order chi connectivity index (χ1) is 10.0. The predicted molar refractivity (Wildman–Crippen MR) is 86.4 cm³/mol. The summed E-state index contributed by atoms with van der Waals surface area (Å²) in [5.74, 6) is 0.661. The Balaban J connectivity index is 1.97. The summed E-state index contributed by atoms with van der Waals surface area (Å²) in [5, 5.41) is 3.09. The summed E-state index contributed by atoms with van der Waals surface area (Å²) in [5.41, 5.74) is 2.04. The van der Waals surface area contributed by atoms with E-state index in [0.717, 1.165) is 31.4 Å². The van der Waals surface area contributed by atoms with Crippen LogP contribution in [0.4, 0.5) is 0 Å². The number of rotatable bonds is 7. The van der Waals surface area contributed by atoms with Gasteiger partial charge in [0.15, 0.2) is 0 Å². The Morgan fingerprint density at radius 1 is 1.24 bits per heavy atom. The van der Waals surface area contributed by atoms with Gasteiger partial charge in [-0.1, -0.05) is 37.6 Å². The van der Waals surface area contributed by atoms with Crippen molar-refractivity contribution in [3.63, 3.8) is 0 Å². The van der Waals surface area contributed by atoms with Gasteiger partial charge in [-0.05, 0) is 36.9 Å². The Morgan fingerprint density at radius 2 is 1.90 bits per heavy atom. The third kappa shape index (κ3) is 4.53. The summed E-state index contributed by atoms with van der Waals surface area (Å²) < 4.78 is 26.6. The van der Waals surface area contributed by atoms with Gasteiger partial charge in [0.05, 0.1) is 5.75 Å². The lowest BCUT2D eigenvalue weighted by atomic mass is 10.0. The molecular weight excluding hydrogens is 284 g/mol. The molecular formula is C16H26N2O2S. The molecule has 0 saturated carbocycles. The van der Waals surface area contributed by atoms with E-state index in [4.69, 9.17) is 0 Å². The summed E-state index contributed by atoms with van der Waals surface area (Å²) in [6, 6.07) is 7.82. The Labute approximate surface area is 128 Å². The van der Waals surface area contributed by atoms with Gasteiger partial charge in [0.1, 0.15) is 0 Å². The molecule has 21 heavy (non-hydrogen) atoms. The third-order valence-corrected chi connectivity index (χ3v) is 5.91. The normalized spacial score (nSPS) is 20.0. The minimum absolute atomic E-state index is 0.117. The second kappa shape index (κ2) is 7.38. The van der Waals surface area contributed by atoms with Gasteiger partial charge in [-0.25, -0.2) is 12.7 Å². The molecule has 1 fully saturated rings. The molecule has 0 bridgehead atoms. The number of hydrogen-bond donors (Lipinski definition) is 1. The minimum atomic E-state index is -3.17. The van der Waals surface area contributed by atoms with E-state index in [1.165, 1.54) is 5.56 Å². The van der Waals surface area contributed by atoms with Crippen LogP contribution in [0, 0.1) is 5.92 Å². The van der Waals surface area contributed by atoms with Crippen molar-refractivity contribution in [3.05, 3.63) is 35.4 Å². The van der Waals surface area contributed by atoms with Gasteiger partial charge >= 0.3 is 0 Å². The highest BCUT2D eigenvalue weighted by molar-refractivity contribution is 7.88. The Bertz CT molecular complexity index is 540. The molecule has 1 aliphatic rings. The van der Waals surface area contributed by atoms with Crippen molar-refractivity contribution in [2.45, 2.75) is 38.5 Å². The van der Waals surface area contributed by atoms with Gasteiger partial charge in [0, 0.05) is 19.6 Å². The van der Waals surface area contributed by atoms with E-state index in [0.29, 0.717) is 19.0 Å². The maximum atomic E-state index is 12.5. The van der Waals surface area contributed by atoms with E-state index in [1.54, 1.807) is 4.31 Å². The zero-order chi connectivity index (χ0) is 15.3. The second-order valence-electron chi connectivity index (χ2n) is 5.90. The fourth-order valence-electron chi connectivity index (χ4n) is 2.95. The van der Waals surface area contributed by atoms with Crippen molar-refractivity contribution in [3.8, 4) is 0 Å². The van der Waals surface area contributed by atoms with Crippen LogP contribution in [-0.2, 0) is 22.3 Å². The van der Waals surface area contributed by atoms with E-state index in [2.05, 4.69) is 12.2 Å². The van der Waals surface area contributed by atoms with Crippen molar-refractivity contribution in [1.82, 2.24) is 9.62 Å². The maximum Gasteiger partial charge on any atom is 0.218 e. The first-order valence-electron chi connectivity index (χ1n) is 7.75. The molecule has 1 aromatic carbocycles. The molecule has 0 aromatic heterocycles. The Kier molecular flexibility index (Phi) is 5.79. The standard InChI is InChI=1S/C16H26N2O2S/c1-3-4-15-9-10-18(12-15)21(19,20)13-16-7-5-14(6-8-16)11-17-2/h5-8,15,17H,3-4,9-13H2,1-2H3. The van der Waals surface area contributed by atoms with Crippen molar-refractivity contribution in [2.24, 2.45) is 5.92 Å². The molecule has 1 aliphatic heterocycles. The van der Waals surface area contributed by atoms with Crippen LogP contribution >= 0.6 is 0 Å². The van der Waals surface area contributed by atoms with Crippen LogP contribution in [0.25, 0.3) is 0 Å². The van der Waals surface area contributed by atoms with Crippen LogP contribution in [0.5, 0.6) is 0 Å². The first kappa shape index (κ1) is 16.5. The fourth-order valence-corrected chi connectivity index (χ4v) is 4.57. The molecule has 0 spiro atoms. The molecule has 4 nitrogen and oxygen atoms in total. The van der Waals surface area contributed by atoms with E-state index in [1.807, 2.05) is 31.3 Å². The Morgan fingerprint density at radius 3 is 2.52 bits per heavy atom. The van der Waals surface area contributed by atoms with E-state index < -0.39 is 10.0 Å². The molecule has 1 atom stereocenters. The first-order valence-corrected chi connectivity index (χ1v) is 9.36. The van der Waals surface area contributed by atoms with Crippen LogP contribution in [0.2, 0.25) is 0 Å². The van der Waals surface area contributed by atoms with E-state index >= 15 is 0 Å². The minimum Gasteiger partial charge on any atom is -0.316 e. The van der Waals surface area contributed by atoms with Gasteiger partial charge in [0.2, 0.25) is 10.0 Å². The number of nitrogens with zero attached hydrogens (tertiary/aromatic N) is 1. The fraction of sp³-hybridized carbons (Fsp3) is 0.625. The average Bonchev–Trinajstić information content (AvgIpc) is 2.91. The maximum absolute atomic E-state index is 12.5. The van der Waals surface area contributed by atoms with Gasteiger partial charge < -0.3 is 5.32 Å². The molecule has 1 N–H and O–H groups in total. The SMILES string of the molecule is CCCC1CCN(S(=O)(=O)Cc2ccc(CNC)cc2)C1. The summed E-state index contributed by atoms with van der Waals surface area (Å²) >= 11 is 0. The summed E-state index contributed by atoms with van der Waals surface area (Å²) in [4.78, 5) is 0. The number of benzene rings is 1. The van der Waals surface area contributed by atoms with Crippen LogP contribution < -0.4 is 5.32 Å². The topological polar surface area (TPSA) is 49.4 Å². The zero-order valence-corrected chi connectivity index (χ0v) is 13.8. The molecule has 0 aliphatic carbocycles. The smallest absolute Gasteiger partial charge is 0.218 e. The predicted octanol–water partition coefficient (Wildman–Crippen LogP) is 2.36. The summed E-state index contributed by atoms with van der Waals surface area (Å²) in [7, 11) is -1.27. The molecule has 1 saturated heterocycles. The molecule has 5 heteroatoms. The van der Waals surface area contributed by atoms with E-state index in [9.17, 15) is 8.42 Å². The van der Waals surface area contributed by atoms with Crippen molar-refractivity contribution < 1.29 is 8.42 Å².